The van der Waals surface area contributed by atoms with Crippen LogP contribution in [0.4, 0.5) is 0 Å². The smallest absolute Gasteiger partial charge is 0.338 e. The van der Waals surface area contributed by atoms with Crippen molar-refractivity contribution in [3.05, 3.63) is 108 Å². The van der Waals surface area contributed by atoms with Gasteiger partial charge in [-0.05, 0) is 54.2 Å². The van der Waals surface area contributed by atoms with Crippen molar-refractivity contribution in [3.8, 4) is 11.3 Å². The number of pyridine rings is 2. The average Bonchev–Trinajstić information content (AvgIpc) is 3.49. The van der Waals surface area contributed by atoms with Gasteiger partial charge >= 0.3 is 5.97 Å². The van der Waals surface area contributed by atoms with E-state index in [2.05, 4.69) is 20.2 Å². The minimum absolute atomic E-state index is 0.208. The average molecular weight is 471 g/mol. The maximum absolute atomic E-state index is 12.3. The van der Waals surface area contributed by atoms with Crippen LogP contribution in [-0.2, 0) is 11.3 Å². The summed E-state index contributed by atoms with van der Waals surface area (Å²) >= 11 is 5.73. The number of rotatable bonds is 6. The minimum atomic E-state index is -0.415. The van der Waals surface area contributed by atoms with Crippen LogP contribution in [0.3, 0.4) is 0 Å². The molecule has 0 spiro atoms. The molecule has 0 radical (unpaired) electrons. The van der Waals surface area contributed by atoms with Crippen LogP contribution < -0.4 is 5.32 Å². The number of carbonyl (C=O) groups is 1. The SMILES string of the molecule is COC(=O)c1ccccc1-c1ccc([C@@H]2[C@H](c3ccccn3)NC(=S)N2Cc2cccnc2)o1. The standard InChI is InChI=1S/C26H22N4O3S/c1-32-25(31)19-9-3-2-8-18(19)21-11-12-22(33-21)24-23(20-10-4-5-14-28-20)29-26(34)30(24)16-17-7-6-13-27-15-17/h2-15,23-24H,16H2,1H3,(H,29,34)/t23-,24+/m0/s1. The highest BCUT2D eigenvalue weighted by molar-refractivity contribution is 7.80. The van der Waals surface area contributed by atoms with Crippen molar-refractivity contribution in [1.29, 1.82) is 0 Å². The predicted molar refractivity (Wildman–Crippen MR) is 131 cm³/mol. The molecule has 4 aromatic rings. The molecule has 1 aliphatic heterocycles. The van der Waals surface area contributed by atoms with Gasteiger partial charge in [0.1, 0.15) is 17.6 Å². The van der Waals surface area contributed by atoms with Crippen molar-refractivity contribution in [2.45, 2.75) is 18.6 Å². The number of carbonyl (C=O) groups excluding carboxylic acids is 1. The molecule has 0 amide bonds. The van der Waals surface area contributed by atoms with Crippen molar-refractivity contribution in [3.63, 3.8) is 0 Å². The molecule has 8 heteroatoms. The molecule has 1 aliphatic rings. The van der Waals surface area contributed by atoms with Crippen LogP contribution in [0.5, 0.6) is 0 Å². The van der Waals surface area contributed by atoms with Crippen molar-refractivity contribution in [2.24, 2.45) is 0 Å². The summed E-state index contributed by atoms with van der Waals surface area (Å²) in [7, 11) is 1.37. The van der Waals surface area contributed by atoms with Crippen LogP contribution in [0, 0.1) is 0 Å². The van der Waals surface area contributed by atoms with Crippen LogP contribution in [0.1, 0.15) is 39.5 Å². The summed E-state index contributed by atoms with van der Waals surface area (Å²) < 4.78 is 11.3. The largest absolute Gasteiger partial charge is 0.465 e. The van der Waals surface area contributed by atoms with E-state index in [0.717, 1.165) is 11.3 Å². The van der Waals surface area contributed by atoms with Crippen molar-refractivity contribution >= 4 is 23.3 Å². The first kappa shape index (κ1) is 21.8. The normalized spacial score (nSPS) is 17.4. The Balaban J connectivity index is 1.55. The molecule has 0 aliphatic carbocycles. The molecule has 2 atom stereocenters. The van der Waals surface area contributed by atoms with Crippen molar-refractivity contribution in [1.82, 2.24) is 20.2 Å². The third-order valence-electron chi connectivity index (χ3n) is 5.79. The Morgan fingerprint density at radius 2 is 1.94 bits per heavy atom. The van der Waals surface area contributed by atoms with Gasteiger partial charge in [-0.1, -0.05) is 30.3 Å². The van der Waals surface area contributed by atoms with E-state index >= 15 is 0 Å². The summed E-state index contributed by atoms with van der Waals surface area (Å²) in [6, 6.07) is 20.3. The number of esters is 1. The maximum atomic E-state index is 12.3. The van der Waals surface area contributed by atoms with E-state index in [-0.39, 0.29) is 12.1 Å². The Morgan fingerprint density at radius 3 is 2.71 bits per heavy atom. The first-order chi connectivity index (χ1) is 16.7. The highest BCUT2D eigenvalue weighted by atomic mass is 32.1. The van der Waals surface area contributed by atoms with Gasteiger partial charge in [0.05, 0.1) is 24.4 Å². The molecule has 1 N–H and O–H groups in total. The quantitative estimate of drug-likeness (QED) is 0.321. The molecule has 0 unspecified atom stereocenters. The zero-order valence-electron chi connectivity index (χ0n) is 18.4. The molecule has 5 rings (SSSR count). The summed E-state index contributed by atoms with van der Waals surface area (Å²) in [5.41, 5.74) is 3.00. The molecule has 4 heterocycles. The molecule has 170 valence electrons. The summed E-state index contributed by atoms with van der Waals surface area (Å²) in [6.07, 6.45) is 5.34. The van der Waals surface area contributed by atoms with Gasteiger partial charge in [0, 0.05) is 30.7 Å². The molecular weight excluding hydrogens is 448 g/mol. The fourth-order valence-electron chi connectivity index (χ4n) is 4.22. The zero-order valence-corrected chi connectivity index (χ0v) is 19.2. The second kappa shape index (κ2) is 9.44. The maximum Gasteiger partial charge on any atom is 0.338 e. The summed E-state index contributed by atoms with van der Waals surface area (Å²) in [5, 5.41) is 4.03. The fourth-order valence-corrected chi connectivity index (χ4v) is 4.52. The minimum Gasteiger partial charge on any atom is -0.465 e. The van der Waals surface area contributed by atoms with Gasteiger partial charge in [-0.15, -0.1) is 0 Å². The Labute approximate surface area is 202 Å². The highest BCUT2D eigenvalue weighted by Gasteiger charge is 2.41. The Hall–Kier alpha value is -4.04. The first-order valence-electron chi connectivity index (χ1n) is 10.8. The third kappa shape index (κ3) is 4.15. The third-order valence-corrected chi connectivity index (χ3v) is 6.14. The van der Waals surface area contributed by atoms with E-state index in [9.17, 15) is 4.79 Å². The molecular formula is C26H22N4O3S. The van der Waals surface area contributed by atoms with E-state index in [0.29, 0.717) is 34.3 Å². The van der Waals surface area contributed by atoms with Gasteiger partial charge in [0.25, 0.3) is 0 Å². The van der Waals surface area contributed by atoms with Gasteiger partial charge in [-0.3, -0.25) is 9.97 Å². The lowest BCUT2D eigenvalue weighted by Crippen LogP contribution is -2.29. The monoisotopic (exact) mass is 470 g/mol. The van der Waals surface area contributed by atoms with Gasteiger partial charge in [0.2, 0.25) is 0 Å². The molecule has 3 aromatic heterocycles. The van der Waals surface area contributed by atoms with Crippen LogP contribution in [0.2, 0.25) is 0 Å². The van der Waals surface area contributed by atoms with E-state index in [1.165, 1.54) is 7.11 Å². The molecule has 1 aromatic carbocycles. The van der Waals surface area contributed by atoms with Crippen molar-refractivity contribution in [2.75, 3.05) is 7.11 Å². The van der Waals surface area contributed by atoms with Gasteiger partial charge in [-0.2, -0.15) is 0 Å². The predicted octanol–water partition coefficient (Wildman–Crippen LogP) is 4.70. The second-order valence-corrected chi connectivity index (χ2v) is 8.24. The number of benzene rings is 1. The lowest BCUT2D eigenvalue weighted by Gasteiger charge is -2.26. The van der Waals surface area contributed by atoms with E-state index < -0.39 is 5.97 Å². The highest BCUT2D eigenvalue weighted by Crippen LogP contribution is 2.41. The van der Waals surface area contributed by atoms with Crippen molar-refractivity contribution < 1.29 is 13.9 Å². The molecule has 0 bridgehead atoms. The number of nitrogens with one attached hydrogen (secondary N) is 1. The Kier molecular flexibility index (Phi) is 6.05. The number of furan rings is 1. The van der Waals surface area contributed by atoms with Gasteiger partial charge < -0.3 is 19.4 Å². The topological polar surface area (TPSA) is 80.5 Å². The summed E-state index contributed by atoms with van der Waals surface area (Å²) in [6.45, 7) is 0.558. The summed E-state index contributed by atoms with van der Waals surface area (Å²) in [5.74, 6) is 0.873. The van der Waals surface area contributed by atoms with E-state index in [1.54, 1.807) is 24.5 Å². The number of hydrogen-bond acceptors (Lipinski definition) is 6. The number of aromatic nitrogens is 2. The number of thiocarbonyl (C=S) groups is 1. The number of nitrogens with zero attached hydrogens (tertiary/aromatic N) is 3. The summed E-state index contributed by atoms with van der Waals surface area (Å²) in [4.78, 5) is 23.2. The molecule has 0 saturated carbocycles. The van der Waals surface area contributed by atoms with Gasteiger partial charge in [-0.25, -0.2) is 4.79 Å². The lowest BCUT2D eigenvalue weighted by molar-refractivity contribution is 0.0601. The van der Waals surface area contributed by atoms with Crippen LogP contribution in [0.15, 0.2) is 89.7 Å². The van der Waals surface area contributed by atoms with Crippen LogP contribution >= 0.6 is 12.2 Å². The lowest BCUT2D eigenvalue weighted by atomic mass is 10.0. The first-order valence-corrected chi connectivity index (χ1v) is 11.2. The fraction of sp³-hybridized carbons (Fsp3) is 0.154. The van der Waals surface area contributed by atoms with E-state index in [1.807, 2.05) is 60.8 Å². The Morgan fingerprint density at radius 1 is 1.09 bits per heavy atom. The number of ether oxygens (including phenoxy) is 1. The second-order valence-electron chi connectivity index (χ2n) is 7.85. The number of methoxy groups -OCH3 is 1. The molecule has 1 saturated heterocycles. The molecule has 34 heavy (non-hydrogen) atoms. The molecule has 1 fully saturated rings. The molecule has 7 nitrogen and oxygen atoms in total. The van der Waals surface area contributed by atoms with Crippen LogP contribution in [-0.4, -0.2) is 33.1 Å². The van der Waals surface area contributed by atoms with E-state index in [4.69, 9.17) is 21.4 Å². The zero-order chi connectivity index (χ0) is 23.5. The van der Waals surface area contributed by atoms with Gasteiger partial charge in [0.15, 0.2) is 5.11 Å². The van der Waals surface area contributed by atoms with Crippen LogP contribution in [0.25, 0.3) is 11.3 Å². The Bertz CT molecular complexity index is 1310. The number of hydrogen-bond donors (Lipinski definition) is 1.